The van der Waals surface area contributed by atoms with E-state index in [1.165, 1.54) is 57.3 Å². The summed E-state index contributed by atoms with van der Waals surface area (Å²) in [6.45, 7) is 52.0. The van der Waals surface area contributed by atoms with Gasteiger partial charge in [-0.3, -0.25) is 73.6 Å². The molecule has 7 fully saturated rings. The molecule has 37 heteroatoms. The molecule has 9 aromatic rings. The van der Waals surface area contributed by atoms with Crippen LogP contribution in [0.2, 0.25) is 0 Å². The third-order valence-electron chi connectivity index (χ3n) is 26.4. The van der Waals surface area contributed by atoms with E-state index < -0.39 is 39.6 Å². The predicted molar refractivity (Wildman–Crippen MR) is 472 cm³/mol. The van der Waals surface area contributed by atoms with Gasteiger partial charge in [0.25, 0.3) is 17.1 Å². The normalized spacial score (nSPS) is 24.4. The fourth-order valence-corrected chi connectivity index (χ4v) is 20.6. The Morgan fingerprint density at radius 1 is 0.449 bits per heavy atom. The fraction of sp³-hybridized carbons (Fsp3) is 0.533. The van der Waals surface area contributed by atoms with E-state index >= 15 is 0 Å². The maximum absolute atomic E-state index is 13.5. The molecule has 0 bridgehead atoms. The molecule has 9 heterocycles. The van der Waals surface area contributed by atoms with Crippen molar-refractivity contribution in [2.75, 3.05) is 99.8 Å². The summed E-state index contributed by atoms with van der Waals surface area (Å²) >= 11 is 0. The Kier molecular flexibility index (Phi) is 27.1. The van der Waals surface area contributed by atoms with Crippen LogP contribution in [0.25, 0.3) is 65.6 Å². The van der Waals surface area contributed by atoms with Gasteiger partial charge < -0.3 is 48.8 Å². The lowest BCUT2D eigenvalue weighted by Crippen LogP contribution is -2.52. The number of nitrogens with zero attached hydrogens (tertiary/aromatic N) is 17. The van der Waals surface area contributed by atoms with E-state index in [1.54, 1.807) is 53.1 Å². The van der Waals surface area contributed by atoms with E-state index in [1.807, 2.05) is 14.7 Å². The number of nitro benzene ring substituents is 3. The summed E-state index contributed by atoms with van der Waals surface area (Å²) in [5.41, 5.74) is 4.08. The maximum Gasteiger partial charge on any atom is 0.331 e. The third kappa shape index (κ3) is 19.0. The van der Waals surface area contributed by atoms with E-state index in [0.717, 1.165) is 64.5 Å². The SMILES string of the molecule is [C-]#[N+]c1cn2[nH]c(-c3ccc(N4CCN(C(=O)C5CCCCC5C(=O)OCC)CC4)c([N+](=O)[O-])c3)nc2c1C(=O)OC1C(C)CC(C)CC1C.[C-]#[N+]c1cn2[nH]c(-c3ccc(N4CCN(C(C)=O)CC4)c([N+](=O)[O-])c3)nc2c1C(=O)OC1C(C)CC(C)CC1C.[C-]#[N+]c1cn2[nH]c(-c3ccc(N4CCNCC4)c([N+](=O)[O-])c3)nc2c1C(=O)OC1C(C)CC(C)CC1C. The van der Waals surface area contributed by atoms with Gasteiger partial charge in [0.2, 0.25) is 28.9 Å². The average Bonchev–Trinajstić information content (AvgIpc) is 1.62. The number of ether oxygens (including phenoxy) is 4. The molecule has 0 radical (unpaired) electrons. The molecule has 3 saturated heterocycles. The number of hydrogen-bond acceptors (Lipinski definition) is 23. The van der Waals surface area contributed by atoms with Crippen LogP contribution in [0.15, 0.2) is 73.2 Å². The van der Waals surface area contributed by atoms with Gasteiger partial charge in [0, 0.05) is 139 Å². The Balaban J connectivity index is 0.000000156. The molecule has 8 atom stereocenters. The highest BCUT2D eigenvalue weighted by atomic mass is 16.6. The lowest BCUT2D eigenvalue weighted by molar-refractivity contribution is -0.384. The second kappa shape index (κ2) is 38.3. The van der Waals surface area contributed by atoms with Crippen LogP contribution < -0.4 is 20.0 Å². The number of piperazine rings is 3. The Bertz CT molecular complexity index is 5780. The lowest BCUT2D eigenvalue weighted by Gasteiger charge is -2.39. The molecule has 4 aliphatic carbocycles. The van der Waals surface area contributed by atoms with Crippen LogP contribution in [0, 0.1) is 115 Å². The van der Waals surface area contributed by atoms with Crippen LogP contribution in [0.5, 0.6) is 0 Å². The minimum absolute atomic E-state index is 0.00327. The van der Waals surface area contributed by atoms with E-state index in [9.17, 15) is 59.1 Å². The summed E-state index contributed by atoms with van der Waals surface area (Å²) in [7, 11) is 0. The fourth-order valence-electron chi connectivity index (χ4n) is 20.6. The number of rotatable bonds is 18. The van der Waals surface area contributed by atoms with Crippen molar-refractivity contribution >= 4 is 104 Å². The van der Waals surface area contributed by atoms with Gasteiger partial charge in [-0.2, -0.15) is 0 Å². The minimum Gasteiger partial charge on any atom is -0.466 e. The monoisotopic (exact) mass is 1740 g/mol. The van der Waals surface area contributed by atoms with Crippen molar-refractivity contribution in [3.63, 3.8) is 0 Å². The van der Waals surface area contributed by atoms with Gasteiger partial charge >= 0.3 is 23.9 Å². The number of carbonyl (C=O) groups excluding carboxylic acids is 6. The number of aromatic nitrogens is 9. The maximum atomic E-state index is 13.5. The van der Waals surface area contributed by atoms with Crippen molar-refractivity contribution in [2.24, 2.45) is 65.1 Å². The molecule has 3 aromatic carbocycles. The van der Waals surface area contributed by atoms with Crippen molar-refractivity contribution < 1.29 is 62.5 Å². The summed E-state index contributed by atoms with van der Waals surface area (Å²) in [6.07, 6.45) is 12.6. The average molecular weight is 1740 g/mol. The molecular weight excluding hydrogens is 1630 g/mol. The number of hydrogen-bond donors (Lipinski definition) is 4. The molecular formula is C90H109N21O16. The number of amides is 2. The number of fused-ring (bicyclic) bond motifs is 3. The second-order valence-electron chi connectivity index (χ2n) is 35.7. The van der Waals surface area contributed by atoms with Gasteiger partial charge in [0.05, 0.1) is 52.9 Å². The number of benzene rings is 3. The Morgan fingerprint density at radius 2 is 0.756 bits per heavy atom. The number of nitrogens with one attached hydrogen (secondary N) is 4. The van der Waals surface area contributed by atoms with Crippen molar-refractivity contribution in [1.29, 1.82) is 0 Å². The van der Waals surface area contributed by atoms with Gasteiger partial charge in [0.1, 0.15) is 52.1 Å². The number of anilines is 3. The molecule has 37 nitrogen and oxygen atoms in total. The van der Waals surface area contributed by atoms with Crippen LogP contribution in [-0.2, 0) is 33.3 Å². The molecule has 16 rings (SSSR count). The minimum atomic E-state index is -0.603. The third-order valence-corrected chi connectivity index (χ3v) is 26.4. The Morgan fingerprint density at radius 3 is 1.06 bits per heavy atom. The zero-order valence-corrected chi connectivity index (χ0v) is 73.4. The summed E-state index contributed by atoms with van der Waals surface area (Å²) < 4.78 is 27.6. The summed E-state index contributed by atoms with van der Waals surface area (Å²) in [6, 6.07) is 14.7. The van der Waals surface area contributed by atoms with Gasteiger partial charge in [-0.25, -0.2) is 43.9 Å². The van der Waals surface area contributed by atoms with Crippen LogP contribution >= 0.6 is 0 Å². The van der Waals surface area contributed by atoms with Gasteiger partial charge in [-0.1, -0.05) is 75.2 Å². The molecule has 4 N–H and O–H groups in total. The Labute approximate surface area is 734 Å². The number of nitro groups is 3. The van der Waals surface area contributed by atoms with Gasteiger partial charge in [0.15, 0.2) is 34.4 Å². The first kappa shape index (κ1) is 90.0. The molecule has 4 saturated carbocycles. The van der Waals surface area contributed by atoms with Gasteiger partial charge in [-0.05, 0) is 148 Å². The summed E-state index contributed by atoms with van der Waals surface area (Å²) in [5.74, 6) is 0.942. The van der Waals surface area contributed by atoms with E-state index in [2.05, 4.69) is 112 Å². The number of carbonyl (C=O) groups is 6. The number of aromatic amines is 3. The zero-order chi connectivity index (χ0) is 90.7. The quantitative estimate of drug-likeness (QED) is 0.0204. The highest BCUT2D eigenvalue weighted by molar-refractivity contribution is 6.05. The highest BCUT2D eigenvalue weighted by Gasteiger charge is 2.43. The van der Waals surface area contributed by atoms with Crippen molar-refractivity contribution in [3.8, 4) is 34.2 Å². The van der Waals surface area contributed by atoms with Crippen LogP contribution in [-0.4, -0.2) is 208 Å². The van der Waals surface area contributed by atoms with Crippen LogP contribution in [0.1, 0.15) is 171 Å². The van der Waals surface area contributed by atoms with E-state index in [-0.39, 0.29) is 151 Å². The van der Waals surface area contributed by atoms with E-state index in [0.29, 0.717) is 147 Å². The van der Waals surface area contributed by atoms with Crippen molar-refractivity contribution in [2.45, 2.75) is 159 Å². The molecule has 7 aliphatic rings. The Hall–Kier alpha value is -13.2. The first-order valence-electron chi connectivity index (χ1n) is 43.9. The van der Waals surface area contributed by atoms with Crippen LogP contribution in [0.3, 0.4) is 0 Å². The van der Waals surface area contributed by atoms with Crippen molar-refractivity contribution in [1.82, 2.24) is 58.9 Å². The highest BCUT2D eigenvalue weighted by Crippen LogP contribution is 2.44. The second-order valence-corrected chi connectivity index (χ2v) is 35.7. The number of esters is 4. The largest absolute Gasteiger partial charge is 0.466 e. The van der Waals surface area contributed by atoms with E-state index in [4.69, 9.17) is 38.7 Å². The number of H-pyrrole nitrogens is 3. The molecule has 8 unspecified atom stereocenters. The predicted octanol–water partition coefficient (Wildman–Crippen LogP) is 15.1. The molecule has 0 spiro atoms. The smallest absolute Gasteiger partial charge is 0.331 e. The zero-order valence-electron chi connectivity index (χ0n) is 73.4. The topological polar surface area (TPSA) is 409 Å². The standard InChI is InChI=1S/C36H45N7O7.C28H33N7O5.C26H31N7O4/c1-6-49-35(45)26-10-8-7-9-25(26)34(44)41-15-13-40(14-16-41)28-12-11-24(19-29(28)43(47)48)32-38-33-30(27(37-5)20-42(33)39-32)36(46)50-31-22(3)17-21(2)18-23(31)4;1-16-12-17(2)25(18(3)13-16)40-28(37)24-21(29-5)15-34-27(24)30-26(31-34)20-6-7-22(23(14-20)35(38)39)33-10-8-32(9-11-33)19(4)36;1-15-11-16(2)23(17(3)12-15)37-26(34)22-19(27-4)14-32-25(22)29-24(30-32)18-5-6-20(21(13-18)33(35)36)31-9-7-28-8-10-31/h11-12,19-23,25-26,31H,6-10,13-18H2,1-4H3,(H,38,39);6-7,14-18,25H,8-13H2,1-4H3,(H,30,31);5-6,13-17,23,28H,7-12H2,1-3H3,(H,29,30). The molecule has 6 aromatic heterocycles. The first-order chi connectivity index (χ1) is 60.8. The molecule has 127 heavy (non-hydrogen) atoms. The summed E-state index contributed by atoms with van der Waals surface area (Å²) in [4.78, 5) is 147. The molecule has 2 amide bonds. The van der Waals surface area contributed by atoms with Crippen LogP contribution in [0.4, 0.5) is 51.2 Å². The lowest BCUT2D eigenvalue weighted by atomic mass is 9.75. The van der Waals surface area contributed by atoms with Crippen molar-refractivity contribution in [3.05, 3.63) is 154 Å². The first-order valence-corrected chi connectivity index (χ1v) is 43.9. The molecule has 3 aliphatic heterocycles. The summed E-state index contributed by atoms with van der Waals surface area (Å²) in [5, 5.41) is 48.7. The molecule has 670 valence electrons. The van der Waals surface area contributed by atoms with Gasteiger partial charge in [-0.15, -0.1) is 0 Å².